The van der Waals surface area contributed by atoms with Crippen molar-refractivity contribution in [1.82, 2.24) is 15.1 Å². The predicted molar refractivity (Wildman–Crippen MR) is 108 cm³/mol. The first-order valence-corrected chi connectivity index (χ1v) is 12.5. The highest BCUT2D eigenvalue weighted by Crippen LogP contribution is 2.28. The lowest BCUT2D eigenvalue weighted by Crippen LogP contribution is -2.53. The molecule has 0 radical (unpaired) electrons. The molecule has 142 valence electrons. The Labute approximate surface area is 161 Å². The molecule has 4 nitrogen and oxygen atoms in total. The molecule has 0 aromatic carbocycles. The molecule has 4 aliphatic rings. The van der Waals surface area contributed by atoms with Gasteiger partial charge < -0.3 is 5.32 Å². The van der Waals surface area contributed by atoms with Crippen LogP contribution in [-0.2, 0) is 4.79 Å². The van der Waals surface area contributed by atoms with Crippen LogP contribution < -0.4 is 5.32 Å². The molecule has 1 amide bonds. The first kappa shape index (κ1) is 18.5. The molecule has 4 rings (SSSR count). The van der Waals surface area contributed by atoms with Gasteiger partial charge in [-0.2, -0.15) is 23.5 Å². The summed E-state index contributed by atoms with van der Waals surface area (Å²) in [7, 11) is 0. The molecule has 1 N–H and O–H groups in total. The lowest BCUT2D eigenvalue weighted by Gasteiger charge is -2.43. The zero-order valence-electron chi connectivity index (χ0n) is 15.3. The van der Waals surface area contributed by atoms with Crippen molar-refractivity contribution >= 4 is 29.4 Å². The Kier molecular flexibility index (Phi) is 6.53. The lowest BCUT2D eigenvalue weighted by molar-refractivity contribution is -0.127. The summed E-state index contributed by atoms with van der Waals surface area (Å²) in [5.41, 5.74) is 0. The molecule has 0 unspecified atom stereocenters. The van der Waals surface area contributed by atoms with Crippen LogP contribution in [0.25, 0.3) is 0 Å². The summed E-state index contributed by atoms with van der Waals surface area (Å²) in [6, 6.07) is 2.00. The van der Waals surface area contributed by atoms with Gasteiger partial charge in [0.1, 0.15) is 0 Å². The van der Waals surface area contributed by atoms with E-state index in [1.54, 1.807) is 0 Å². The van der Waals surface area contributed by atoms with E-state index in [0.717, 1.165) is 19.0 Å². The molecule has 0 bridgehead atoms. The van der Waals surface area contributed by atoms with E-state index in [0.29, 0.717) is 18.0 Å². The van der Waals surface area contributed by atoms with Crippen LogP contribution in [0.15, 0.2) is 0 Å². The normalized spacial score (nSPS) is 31.6. The fourth-order valence-corrected chi connectivity index (χ4v) is 7.16. The van der Waals surface area contributed by atoms with Crippen LogP contribution in [0, 0.1) is 5.92 Å². The number of hydrogen-bond donors (Lipinski definition) is 1. The number of thioether (sulfide) groups is 2. The SMILES string of the molecule is O=C(NC1CC1)[C@@H]1CCCN(C2CCN(C3CSCCSC3)CC2)C1. The Morgan fingerprint density at radius 2 is 1.56 bits per heavy atom. The number of hydrogen-bond acceptors (Lipinski definition) is 5. The number of likely N-dealkylation sites (tertiary alicyclic amines) is 2. The van der Waals surface area contributed by atoms with Gasteiger partial charge in [-0.25, -0.2) is 0 Å². The Morgan fingerprint density at radius 1 is 0.840 bits per heavy atom. The van der Waals surface area contributed by atoms with E-state index in [-0.39, 0.29) is 5.92 Å². The first-order chi connectivity index (χ1) is 12.3. The van der Waals surface area contributed by atoms with Crippen molar-refractivity contribution < 1.29 is 4.79 Å². The van der Waals surface area contributed by atoms with Gasteiger partial charge in [-0.15, -0.1) is 0 Å². The van der Waals surface area contributed by atoms with Gasteiger partial charge in [0.15, 0.2) is 0 Å². The van der Waals surface area contributed by atoms with E-state index < -0.39 is 0 Å². The predicted octanol–water partition coefficient (Wildman–Crippen LogP) is 2.29. The standard InChI is InChI=1S/C19H33N3OS2/c23-19(20-16-3-4-16)15-2-1-7-22(12-15)17-5-8-21(9-6-17)18-13-24-10-11-25-14-18/h15-18H,1-14H2,(H,20,23)/t15-/m1/s1. The molecule has 4 fully saturated rings. The first-order valence-electron chi connectivity index (χ1n) is 10.2. The maximum atomic E-state index is 12.4. The molecule has 3 aliphatic heterocycles. The van der Waals surface area contributed by atoms with Crippen molar-refractivity contribution in [2.45, 2.75) is 56.7 Å². The van der Waals surface area contributed by atoms with Gasteiger partial charge >= 0.3 is 0 Å². The molecule has 1 aliphatic carbocycles. The number of piperidine rings is 2. The van der Waals surface area contributed by atoms with E-state index in [4.69, 9.17) is 0 Å². The number of nitrogens with zero attached hydrogens (tertiary/aromatic N) is 2. The van der Waals surface area contributed by atoms with Crippen molar-refractivity contribution in [2.24, 2.45) is 5.92 Å². The zero-order valence-corrected chi connectivity index (χ0v) is 17.0. The highest BCUT2D eigenvalue weighted by molar-refractivity contribution is 8.03. The summed E-state index contributed by atoms with van der Waals surface area (Å²) in [6.07, 6.45) is 7.26. The summed E-state index contributed by atoms with van der Waals surface area (Å²) < 4.78 is 0. The van der Waals surface area contributed by atoms with Gasteiger partial charge in [0.05, 0.1) is 5.92 Å². The number of carbonyl (C=O) groups is 1. The van der Waals surface area contributed by atoms with Gasteiger partial charge in [-0.3, -0.25) is 14.6 Å². The van der Waals surface area contributed by atoms with Crippen LogP contribution in [-0.4, -0.2) is 83.0 Å². The fourth-order valence-electron chi connectivity index (χ4n) is 4.53. The second-order valence-corrected chi connectivity index (χ2v) is 10.5. The molecular formula is C19H33N3OS2. The summed E-state index contributed by atoms with van der Waals surface area (Å²) in [5, 5.41) is 3.22. The van der Waals surface area contributed by atoms with Gasteiger partial charge in [-0.05, 0) is 58.2 Å². The number of rotatable bonds is 4. The summed E-state index contributed by atoms with van der Waals surface area (Å²) in [4.78, 5) is 17.8. The number of carbonyl (C=O) groups excluding carboxylic acids is 1. The molecule has 1 saturated carbocycles. The van der Waals surface area contributed by atoms with Gasteiger partial charge in [0, 0.05) is 47.7 Å². The Bertz CT molecular complexity index is 444. The fraction of sp³-hybridized carbons (Fsp3) is 0.947. The second-order valence-electron chi connectivity index (χ2n) is 8.19. The minimum Gasteiger partial charge on any atom is -0.353 e. The molecule has 3 heterocycles. The van der Waals surface area contributed by atoms with Crippen LogP contribution in [0.1, 0.15) is 38.5 Å². The maximum absolute atomic E-state index is 12.4. The molecule has 0 aromatic rings. The Hall–Kier alpha value is 0.0900. The molecular weight excluding hydrogens is 350 g/mol. The second kappa shape index (κ2) is 8.85. The molecule has 0 aromatic heterocycles. The average Bonchev–Trinajstić information content (AvgIpc) is 3.49. The Morgan fingerprint density at radius 3 is 2.24 bits per heavy atom. The highest BCUT2D eigenvalue weighted by atomic mass is 32.2. The third-order valence-corrected chi connectivity index (χ3v) is 8.76. The summed E-state index contributed by atoms with van der Waals surface area (Å²) >= 11 is 4.28. The third kappa shape index (κ3) is 5.08. The number of nitrogens with one attached hydrogen (secondary N) is 1. The van der Waals surface area contributed by atoms with Crippen molar-refractivity contribution in [3.8, 4) is 0 Å². The summed E-state index contributed by atoms with van der Waals surface area (Å²) in [6.45, 7) is 4.71. The quantitative estimate of drug-likeness (QED) is 0.806. The smallest absolute Gasteiger partial charge is 0.224 e. The minimum absolute atomic E-state index is 0.238. The van der Waals surface area contributed by atoms with Crippen LogP contribution in [0.4, 0.5) is 0 Å². The third-order valence-electron chi connectivity index (χ3n) is 6.27. The average molecular weight is 384 g/mol. The zero-order chi connectivity index (χ0) is 17.1. The van der Waals surface area contributed by atoms with E-state index >= 15 is 0 Å². The molecule has 6 heteroatoms. The largest absolute Gasteiger partial charge is 0.353 e. The minimum atomic E-state index is 0.238. The van der Waals surface area contributed by atoms with Crippen LogP contribution in [0.5, 0.6) is 0 Å². The number of amides is 1. The van der Waals surface area contributed by atoms with E-state index in [1.807, 2.05) is 0 Å². The molecule has 25 heavy (non-hydrogen) atoms. The molecule has 3 saturated heterocycles. The van der Waals surface area contributed by atoms with Gasteiger partial charge in [0.25, 0.3) is 0 Å². The maximum Gasteiger partial charge on any atom is 0.224 e. The van der Waals surface area contributed by atoms with Gasteiger partial charge in [0.2, 0.25) is 5.91 Å². The van der Waals surface area contributed by atoms with Crippen LogP contribution in [0.2, 0.25) is 0 Å². The monoisotopic (exact) mass is 383 g/mol. The molecule has 1 atom stereocenters. The van der Waals surface area contributed by atoms with E-state index in [9.17, 15) is 4.79 Å². The lowest BCUT2D eigenvalue weighted by atomic mass is 9.93. The van der Waals surface area contributed by atoms with Crippen molar-refractivity contribution in [1.29, 1.82) is 0 Å². The van der Waals surface area contributed by atoms with E-state index in [2.05, 4.69) is 38.6 Å². The van der Waals surface area contributed by atoms with Crippen LogP contribution in [0.3, 0.4) is 0 Å². The van der Waals surface area contributed by atoms with Crippen molar-refractivity contribution in [3.63, 3.8) is 0 Å². The molecule has 0 spiro atoms. The van der Waals surface area contributed by atoms with E-state index in [1.165, 1.54) is 74.7 Å². The van der Waals surface area contributed by atoms with Crippen molar-refractivity contribution in [2.75, 3.05) is 49.2 Å². The summed E-state index contributed by atoms with van der Waals surface area (Å²) in [5.74, 6) is 5.88. The van der Waals surface area contributed by atoms with Crippen molar-refractivity contribution in [3.05, 3.63) is 0 Å². The highest BCUT2D eigenvalue weighted by Gasteiger charge is 2.34. The Balaban J connectivity index is 1.24. The van der Waals surface area contributed by atoms with Gasteiger partial charge in [-0.1, -0.05) is 0 Å². The topological polar surface area (TPSA) is 35.6 Å². The van der Waals surface area contributed by atoms with Crippen LogP contribution >= 0.6 is 23.5 Å².